The Morgan fingerprint density at radius 2 is 1.50 bits per heavy atom. The van der Waals surface area contributed by atoms with Crippen LogP contribution in [0.2, 0.25) is 0 Å². The predicted molar refractivity (Wildman–Crippen MR) is 144 cm³/mol. The molecule has 1 saturated heterocycles. The van der Waals surface area contributed by atoms with Crippen LogP contribution >= 0.6 is 0 Å². The molecule has 232 valence electrons. The second kappa shape index (κ2) is 12.5. The quantitative estimate of drug-likeness (QED) is 0.310. The predicted octanol–water partition coefficient (Wildman–Crippen LogP) is 5.61. The summed E-state index contributed by atoms with van der Waals surface area (Å²) in [6.07, 6.45) is -12.0. The maximum absolute atomic E-state index is 14.7. The number of carbonyl (C=O) groups excluding carboxylic acids is 2. The van der Waals surface area contributed by atoms with Gasteiger partial charge >= 0.3 is 18.4 Å². The Labute approximate surface area is 246 Å². The van der Waals surface area contributed by atoms with Crippen molar-refractivity contribution < 1.29 is 45.4 Å². The zero-order valence-electron chi connectivity index (χ0n) is 22.6. The van der Waals surface area contributed by atoms with Crippen LogP contribution in [-0.4, -0.2) is 65.4 Å². The Morgan fingerprint density at radius 3 is 2.07 bits per heavy atom. The average molecular weight is 624 g/mol. The molecule has 1 heterocycles. The van der Waals surface area contributed by atoms with Crippen molar-refractivity contribution in [2.75, 3.05) is 36.8 Å². The number of urea groups is 1. The molecule has 0 bridgehead atoms. The first-order valence-electron chi connectivity index (χ1n) is 13.0. The number of benzene rings is 3. The van der Waals surface area contributed by atoms with Crippen molar-refractivity contribution in [1.82, 2.24) is 9.80 Å². The number of hydrogen-bond acceptors (Lipinski definition) is 5. The van der Waals surface area contributed by atoms with Gasteiger partial charge in [-0.3, -0.25) is 9.69 Å². The van der Waals surface area contributed by atoms with E-state index in [1.165, 1.54) is 23.1 Å². The van der Waals surface area contributed by atoms with Crippen molar-refractivity contribution in [3.63, 3.8) is 0 Å². The molecule has 15 heteroatoms. The smallest absolute Gasteiger partial charge is 0.369 e. The van der Waals surface area contributed by atoms with E-state index in [4.69, 9.17) is 5.26 Å². The number of carbonyl (C=O) groups is 2. The van der Waals surface area contributed by atoms with E-state index >= 15 is 0 Å². The van der Waals surface area contributed by atoms with Crippen molar-refractivity contribution in [3.05, 3.63) is 94.8 Å². The Hall–Kier alpha value is -4.68. The van der Waals surface area contributed by atoms with Gasteiger partial charge in [-0.25, -0.2) is 9.18 Å². The lowest BCUT2D eigenvalue weighted by Gasteiger charge is -2.35. The minimum atomic E-state index is -5.98. The number of rotatable bonds is 6. The zero-order chi connectivity index (χ0) is 32.3. The Kier molecular flexibility index (Phi) is 9.17. The summed E-state index contributed by atoms with van der Waals surface area (Å²) in [5.41, 5.74) is -5.48. The second-order valence-electron chi connectivity index (χ2n) is 9.94. The summed E-state index contributed by atoms with van der Waals surface area (Å²) in [5.74, 6) is -1.34. The topological polar surface area (TPSA) is 109 Å². The van der Waals surface area contributed by atoms with Crippen LogP contribution < -0.4 is 10.6 Å². The molecule has 0 radical (unpaired) electrons. The first-order chi connectivity index (χ1) is 20.6. The van der Waals surface area contributed by atoms with E-state index in [-0.39, 0.29) is 30.9 Å². The van der Waals surface area contributed by atoms with Crippen LogP contribution in [0.4, 0.5) is 46.9 Å². The molecule has 0 atom stereocenters. The lowest BCUT2D eigenvalue weighted by molar-refractivity contribution is -0.376. The van der Waals surface area contributed by atoms with E-state index in [9.17, 15) is 45.4 Å². The molecule has 0 saturated carbocycles. The Balaban J connectivity index is 1.32. The first kappa shape index (κ1) is 32.2. The number of hydrogen-bond donors (Lipinski definition) is 3. The SMILES string of the molecule is N#Cc1cccc(NC(=O)Nc2ccc(C(=O)N3CCN(Cc4ccc(C(O)(C(F)(F)F)C(F)(F)F)cc4)CC3)cc2F)c1. The minimum absolute atomic E-state index is 0.0287. The van der Waals surface area contributed by atoms with Crippen molar-refractivity contribution in [1.29, 1.82) is 5.26 Å². The second-order valence-corrected chi connectivity index (χ2v) is 9.94. The van der Waals surface area contributed by atoms with Crippen molar-refractivity contribution in [2.24, 2.45) is 0 Å². The van der Waals surface area contributed by atoms with Gasteiger partial charge in [-0.2, -0.15) is 31.6 Å². The minimum Gasteiger partial charge on any atom is -0.369 e. The monoisotopic (exact) mass is 623 g/mol. The van der Waals surface area contributed by atoms with E-state index in [1.54, 1.807) is 18.2 Å². The number of aliphatic hydroxyl groups is 1. The van der Waals surface area contributed by atoms with Gasteiger partial charge in [0, 0.05) is 49.5 Å². The van der Waals surface area contributed by atoms with Gasteiger partial charge < -0.3 is 20.6 Å². The molecule has 3 N–H and O–H groups in total. The third-order valence-electron chi connectivity index (χ3n) is 6.97. The summed E-state index contributed by atoms with van der Waals surface area (Å²) < 4.78 is 93.4. The fourth-order valence-electron chi connectivity index (χ4n) is 4.59. The fourth-order valence-corrected chi connectivity index (χ4v) is 4.59. The molecule has 3 aromatic rings. The van der Waals surface area contributed by atoms with Gasteiger partial charge in [0.25, 0.3) is 11.5 Å². The van der Waals surface area contributed by atoms with Crippen molar-refractivity contribution in [3.8, 4) is 6.07 Å². The normalized spacial score (nSPS) is 14.6. The standard InChI is InChI=1S/C29H24F7N5O3/c30-23-15-20(6-9-24(23)39-26(43)38-22-3-1-2-19(14-22)16-37)25(42)41-12-10-40(11-13-41)17-18-4-7-21(8-5-18)27(44,28(31,32)33)29(34,35)36/h1-9,14-15,44H,10-13,17H2,(H2,38,39,43). The van der Waals surface area contributed by atoms with E-state index in [2.05, 4.69) is 10.6 Å². The van der Waals surface area contributed by atoms with Crippen LogP contribution in [0, 0.1) is 17.1 Å². The van der Waals surface area contributed by atoms with Crippen LogP contribution in [0.1, 0.15) is 27.0 Å². The molecule has 3 aromatic carbocycles. The molecule has 4 rings (SSSR count). The molecule has 0 spiro atoms. The van der Waals surface area contributed by atoms with Gasteiger partial charge in [0.05, 0.1) is 17.3 Å². The number of anilines is 2. The summed E-state index contributed by atoms with van der Waals surface area (Å²) in [6.45, 7) is 1.22. The maximum atomic E-state index is 14.7. The number of halogens is 7. The van der Waals surface area contributed by atoms with Gasteiger partial charge in [0.15, 0.2) is 0 Å². The molecule has 1 fully saturated rings. The summed E-state index contributed by atoms with van der Waals surface area (Å²) in [6, 6.07) is 14.1. The largest absolute Gasteiger partial charge is 0.430 e. The highest BCUT2D eigenvalue weighted by molar-refractivity contribution is 6.00. The van der Waals surface area contributed by atoms with Crippen LogP contribution in [0.15, 0.2) is 66.7 Å². The van der Waals surface area contributed by atoms with E-state index in [0.717, 1.165) is 18.2 Å². The van der Waals surface area contributed by atoms with Gasteiger partial charge in [0.1, 0.15) is 5.82 Å². The molecule has 0 unspecified atom stereocenters. The van der Waals surface area contributed by atoms with E-state index in [0.29, 0.717) is 42.0 Å². The number of piperazine rings is 1. The highest BCUT2D eigenvalue weighted by atomic mass is 19.4. The molecule has 0 aliphatic carbocycles. The summed E-state index contributed by atoms with van der Waals surface area (Å²) in [7, 11) is 0. The Morgan fingerprint density at radius 1 is 0.864 bits per heavy atom. The molecular weight excluding hydrogens is 599 g/mol. The third-order valence-corrected chi connectivity index (χ3v) is 6.97. The lowest BCUT2D eigenvalue weighted by atomic mass is 9.91. The zero-order valence-corrected chi connectivity index (χ0v) is 22.6. The van der Waals surface area contributed by atoms with E-state index < -0.39 is 41.3 Å². The lowest BCUT2D eigenvalue weighted by Crippen LogP contribution is -2.53. The molecule has 44 heavy (non-hydrogen) atoms. The molecule has 1 aliphatic rings. The van der Waals surface area contributed by atoms with Crippen LogP contribution in [0.5, 0.6) is 0 Å². The molecule has 8 nitrogen and oxygen atoms in total. The molecule has 3 amide bonds. The van der Waals surface area contributed by atoms with Crippen molar-refractivity contribution in [2.45, 2.75) is 24.5 Å². The van der Waals surface area contributed by atoms with Crippen LogP contribution in [0.3, 0.4) is 0 Å². The number of amides is 3. The van der Waals surface area contributed by atoms with Gasteiger partial charge in [-0.1, -0.05) is 30.3 Å². The molecular formula is C29H24F7N5O3. The molecule has 1 aliphatic heterocycles. The van der Waals surface area contributed by atoms with Crippen LogP contribution in [-0.2, 0) is 12.1 Å². The van der Waals surface area contributed by atoms with E-state index in [1.807, 2.05) is 11.0 Å². The number of nitrogens with zero attached hydrogens (tertiary/aromatic N) is 3. The first-order valence-corrected chi connectivity index (χ1v) is 13.0. The number of nitrogens with one attached hydrogen (secondary N) is 2. The summed E-state index contributed by atoms with van der Waals surface area (Å²) >= 11 is 0. The van der Waals surface area contributed by atoms with Gasteiger partial charge in [-0.05, 0) is 42.0 Å². The maximum Gasteiger partial charge on any atom is 0.430 e. The average Bonchev–Trinajstić information content (AvgIpc) is 2.97. The Bertz CT molecular complexity index is 1550. The third kappa shape index (κ3) is 6.92. The van der Waals surface area contributed by atoms with Gasteiger partial charge in [0.2, 0.25) is 0 Å². The highest BCUT2D eigenvalue weighted by Gasteiger charge is 2.71. The summed E-state index contributed by atoms with van der Waals surface area (Å²) in [4.78, 5) is 28.5. The summed E-state index contributed by atoms with van der Waals surface area (Å²) in [5, 5.41) is 23.3. The van der Waals surface area contributed by atoms with Crippen LogP contribution in [0.25, 0.3) is 0 Å². The fraction of sp³-hybridized carbons (Fsp3) is 0.276. The molecule has 0 aromatic heterocycles. The number of nitriles is 1. The van der Waals surface area contributed by atoms with Gasteiger partial charge in [-0.15, -0.1) is 0 Å². The van der Waals surface area contributed by atoms with Crippen molar-refractivity contribution >= 4 is 23.3 Å². The highest BCUT2D eigenvalue weighted by Crippen LogP contribution is 2.50. The number of alkyl halides is 6.